The molecular weight excluding hydrogens is 346 g/mol. The molecule has 0 unspecified atom stereocenters. The van der Waals surface area contributed by atoms with Crippen molar-refractivity contribution in [2.75, 3.05) is 0 Å². The van der Waals surface area contributed by atoms with Gasteiger partial charge in [0.2, 0.25) is 0 Å². The average Bonchev–Trinajstić information content (AvgIpc) is 2.75. The van der Waals surface area contributed by atoms with Gasteiger partial charge in [-0.1, -0.05) is 54.7 Å². The Labute approximate surface area is 168 Å². The van der Waals surface area contributed by atoms with Gasteiger partial charge in [0.15, 0.2) is 5.15 Å². The Hall–Kier alpha value is -0.520. The van der Waals surface area contributed by atoms with E-state index in [-0.39, 0.29) is 41.1 Å². The van der Waals surface area contributed by atoms with Crippen molar-refractivity contribution in [3.8, 4) is 0 Å². The van der Waals surface area contributed by atoms with Crippen LogP contribution in [0.2, 0.25) is 10.2 Å². The van der Waals surface area contributed by atoms with Crippen molar-refractivity contribution in [2.45, 2.75) is 39.2 Å². The molecular formula is C16H17Cl2N2NaO2. The third-order valence-corrected chi connectivity index (χ3v) is 4.13. The second-order valence-corrected chi connectivity index (χ2v) is 5.86. The smallest absolute Gasteiger partial charge is 0.550 e. The Kier molecular flexibility index (Phi) is 8.65. The van der Waals surface area contributed by atoms with E-state index in [1.54, 1.807) is 6.07 Å². The van der Waals surface area contributed by atoms with Gasteiger partial charge >= 0.3 is 29.6 Å². The van der Waals surface area contributed by atoms with E-state index >= 15 is 0 Å². The molecule has 0 aliphatic heterocycles. The Bertz CT molecular complexity index is 674. The largest absolute Gasteiger partial charge is 1.00 e. The Morgan fingerprint density at radius 2 is 2.00 bits per heavy atom. The van der Waals surface area contributed by atoms with E-state index in [0.717, 1.165) is 30.7 Å². The molecule has 0 fully saturated rings. The summed E-state index contributed by atoms with van der Waals surface area (Å²) in [5.41, 5.74) is 1.36. The molecule has 4 nitrogen and oxygen atoms in total. The Morgan fingerprint density at radius 1 is 1.30 bits per heavy atom. The van der Waals surface area contributed by atoms with Crippen molar-refractivity contribution < 1.29 is 39.5 Å². The van der Waals surface area contributed by atoms with Gasteiger partial charge in [-0.15, -0.1) is 0 Å². The molecule has 0 amide bonds. The van der Waals surface area contributed by atoms with Crippen molar-refractivity contribution in [3.05, 3.63) is 51.5 Å². The molecule has 0 spiro atoms. The van der Waals surface area contributed by atoms with Crippen LogP contribution in [0.25, 0.3) is 0 Å². The van der Waals surface area contributed by atoms with Gasteiger partial charge in [0.1, 0.15) is 5.82 Å². The average molecular weight is 363 g/mol. The molecule has 2 aromatic rings. The number of carbonyl (C=O) groups excluding carboxylic acids is 1. The van der Waals surface area contributed by atoms with Crippen molar-refractivity contribution in [2.24, 2.45) is 0 Å². The molecule has 23 heavy (non-hydrogen) atoms. The second kappa shape index (κ2) is 9.70. The minimum atomic E-state index is -1.18. The maximum Gasteiger partial charge on any atom is 1.00 e. The fourth-order valence-electron chi connectivity index (χ4n) is 2.32. The van der Waals surface area contributed by atoms with Crippen LogP contribution in [0.5, 0.6) is 0 Å². The zero-order valence-electron chi connectivity index (χ0n) is 13.3. The summed E-state index contributed by atoms with van der Waals surface area (Å²) >= 11 is 12.3. The summed E-state index contributed by atoms with van der Waals surface area (Å²) in [5, 5.41) is 11.8. The van der Waals surface area contributed by atoms with Crippen LogP contribution in [0.4, 0.5) is 0 Å². The number of aryl methyl sites for hydroxylation is 1. The first-order valence-electron chi connectivity index (χ1n) is 7.20. The maximum atomic E-state index is 11.0. The zero-order valence-corrected chi connectivity index (χ0v) is 16.8. The van der Waals surface area contributed by atoms with Crippen LogP contribution in [0.1, 0.15) is 36.8 Å². The molecule has 0 aliphatic rings. The number of rotatable bonds is 7. The summed E-state index contributed by atoms with van der Waals surface area (Å²) in [6.45, 7) is 2.53. The Morgan fingerprint density at radius 3 is 2.61 bits per heavy atom. The maximum absolute atomic E-state index is 11.0. The summed E-state index contributed by atoms with van der Waals surface area (Å²) in [5.74, 6) is -0.396. The number of hydrogen-bond acceptors (Lipinski definition) is 3. The molecule has 1 aromatic carbocycles. The van der Waals surface area contributed by atoms with E-state index in [4.69, 9.17) is 23.2 Å². The van der Waals surface area contributed by atoms with Gasteiger partial charge in [-0.2, -0.15) is 0 Å². The third kappa shape index (κ3) is 5.50. The number of benzene rings is 1. The fraction of sp³-hybridized carbons (Fsp3) is 0.375. The van der Waals surface area contributed by atoms with Gasteiger partial charge in [-0.3, -0.25) is 0 Å². The number of nitrogens with zero attached hydrogens (tertiary/aromatic N) is 2. The van der Waals surface area contributed by atoms with E-state index in [1.165, 1.54) is 0 Å². The molecule has 0 radical (unpaired) electrons. The molecule has 1 heterocycles. The van der Waals surface area contributed by atoms with Crippen LogP contribution in [0.3, 0.4) is 0 Å². The molecule has 0 saturated carbocycles. The standard InChI is InChI=1S/C16H18Cl2N2O2.Na/c1-2-3-8-14-19-16(18)13(9-15(21)22)20(14)10-11-6-4-5-7-12(11)17;/h4-7H,2-3,8-10H2,1H3,(H,21,22);/q;+1/p-1. The first kappa shape index (κ1) is 20.5. The van der Waals surface area contributed by atoms with Crippen LogP contribution >= 0.6 is 23.2 Å². The minimum Gasteiger partial charge on any atom is -0.550 e. The zero-order chi connectivity index (χ0) is 16.1. The number of carboxylic acid groups (broad SMARTS) is 1. The molecule has 0 saturated heterocycles. The van der Waals surface area contributed by atoms with Crippen LogP contribution in [0.15, 0.2) is 24.3 Å². The molecule has 0 atom stereocenters. The number of halogens is 2. The SMILES string of the molecule is CCCCc1nc(Cl)c(CC(=O)[O-])n1Cc1ccccc1Cl.[Na+]. The Balaban J connectivity index is 0.00000264. The summed E-state index contributed by atoms with van der Waals surface area (Å²) in [6.07, 6.45) is 2.46. The second-order valence-electron chi connectivity index (χ2n) is 5.10. The van der Waals surface area contributed by atoms with Crippen LogP contribution in [-0.2, 0) is 24.2 Å². The van der Waals surface area contributed by atoms with Gasteiger partial charge in [0.05, 0.1) is 12.2 Å². The van der Waals surface area contributed by atoms with Gasteiger partial charge < -0.3 is 14.5 Å². The monoisotopic (exact) mass is 362 g/mol. The van der Waals surface area contributed by atoms with Crippen molar-refractivity contribution >= 4 is 29.2 Å². The number of imidazole rings is 1. The molecule has 0 N–H and O–H groups in total. The van der Waals surface area contributed by atoms with E-state index < -0.39 is 5.97 Å². The minimum absolute atomic E-state index is 0. The van der Waals surface area contributed by atoms with Gasteiger partial charge in [0, 0.05) is 23.8 Å². The molecule has 2 rings (SSSR count). The molecule has 118 valence electrons. The van der Waals surface area contributed by atoms with Crippen molar-refractivity contribution in [1.29, 1.82) is 0 Å². The van der Waals surface area contributed by atoms with E-state index in [1.807, 2.05) is 22.8 Å². The normalized spacial score (nSPS) is 10.4. The summed E-state index contributed by atoms with van der Waals surface area (Å²) in [4.78, 5) is 15.3. The van der Waals surface area contributed by atoms with E-state index in [2.05, 4.69) is 11.9 Å². The van der Waals surface area contributed by atoms with E-state index in [9.17, 15) is 9.90 Å². The first-order chi connectivity index (χ1) is 10.5. The summed E-state index contributed by atoms with van der Waals surface area (Å²) in [6, 6.07) is 7.46. The number of unbranched alkanes of at least 4 members (excludes halogenated alkanes) is 1. The summed E-state index contributed by atoms with van der Waals surface area (Å²) < 4.78 is 1.84. The van der Waals surface area contributed by atoms with Gasteiger partial charge in [-0.05, 0) is 18.1 Å². The third-order valence-electron chi connectivity index (χ3n) is 3.45. The van der Waals surface area contributed by atoms with Crippen LogP contribution < -0.4 is 34.7 Å². The number of aliphatic carboxylic acids is 1. The summed E-state index contributed by atoms with van der Waals surface area (Å²) in [7, 11) is 0. The number of carboxylic acids is 1. The predicted molar refractivity (Wildman–Crippen MR) is 85.1 cm³/mol. The predicted octanol–water partition coefficient (Wildman–Crippen LogP) is -0.123. The molecule has 1 aromatic heterocycles. The first-order valence-corrected chi connectivity index (χ1v) is 7.95. The molecule has 0 bridgehead atoms. The number of carbonyl (C=O) groups is 1. The topological polar surface area (TPSA) is 57.9 Å². The molecule has 7 heteroatoms. The number of hydrogen-bond donors (Lipinski definition) is 0. The fourth-order valence-corrected chi connectivity index (χ4v) is 2.78. The van der Waals surface area contributed by atoms with Gasteiger partial charge in [-0.25, -0.2) is 4.98 Å². The van der Waals surface area contributed by atoms with Gasteiger partial charge in [0.25, 0.3) is 0 Å². The van der Waals surface area contributed by atoms with Crippen LogP contribution in [0, 0.1) is 0 Å². The van der Waals surface area contributed by atoms with E-state index in [0.29, 0.717) is 17.3 Å². The van der Waals surface area contributed by atoms with Crippen molar-refractivity contribution in [3.63, 3.8) is 0 Å². The van der Waals surface area contributed by atoms with Crippen LogP contribution in [-0.4, -0.2) is 15.5 Å². The number of aromatic nitrogens is 2. The molecule has 0 aliphatic carbocycles. The quantitative estimate of drug-likeness (QED) is 0.645. The van der Waals surface area contributed by atoms with Crippen molar-refractivity contribution in [1.82, 2.24) is 9.55 Å².